The molecule has 0 aromatic carbocycles. The van der Waals surface area contributed by atoms with Crippen LogP contribution < -0.4 is 5.32 Å². The Morgan fingerprint density at radius 3 is 2.90 bits per heavy atom. The SMILES string of the molecule is Cc1cc(C(=O)NCc2n[nH]c3c2CCCCC3)c(C)o1. The van der Waals surface area contributed by atoms with E-state index in [0.717, 1.165) is 24.3 Å². The van der Waals surface area contributed by atoms with Crippen LogP contribution in [0.4, 0.5) is 0 Å². The van der Waals surface area contributed by atoms with Gasteiger partial charge in [0.25, 0.3) is 5.91 Å². The molecule has 21 heavy (non-hydrogen) atoms. The van der Waals surface area contributed by atoms with Crippen LogP contribution in [0.2, 0.25) is 0 Å². The monoisotopic (exact) mass is 287 g/mol. The highest BCUT2D eigenvalue weighted by atomic mass is 16.3. The van der Waals surface area contributed by atoms with Crippen molar-refractivity contribution in [1.82, 2.24) is 15.5 Å². The number of nitrogens with one attached hydrogen (secondary N) is 2. The van der Waals surface area contributed by atoms with E-state index in [9.17, 15) is 4.79 Å². The number of rotatable bonds is 3. The zero-order valence-electron chi connectivity index (χ0n) is 12.6. The molecule has 1 aliphatic carbocycles. The molecule has 5 heteroatoms. The molecule has 3 rings (SSSR count). The van der Waals surface area contributed by atoms with Crippen LogP contribution in [0.15, 0.2) is 10.5 Å². The number of aryl methyl sites for hydroxylation is 3. The minimum atomic E-state index is -0.102. The Bertz CT molecular complexity index is 655. The molecular formula is C16H21N3O2. The van der Waals surface area contributed by atoms with E-state index in [1.54, 1.807) is 6.07 Å². The molecule has 0 saturated carbocycles. The number of aromatic amines is 1. The summed E-state index contributed by atoms with van der Waals surface area (Å²) in [5, 5.41) is 10.4. The molecule has 0 radical (unpaired) electrons. The van der Waals surface area contributed by atoms with Gasteiger partial charge in [-0.3, -0.25) is 9.89 Å². The third kappa shape index (κ3) is 2.86. The summed E-state index contributed by atoms with van der Waals surface area (Å²) in [5.41, 5.74) is 4.12. The van der Waals surface area contributed by atoms with Crippen molar-refractivity contribution in [3.63, 3.8) is 0 Å². The van der Waals surface area contributed by atoms with Gasteiger partial charge in [-0.2, -0.15) is 5.10 Å². The van der Waals surface area contributed by atoms with Gasteiger partial charge in [-0.05, 0) is 51.2 Å². The fourth-order valence-electron chi connectivity index (χ4n) is 2.99. The van der Waals surface area contributed by atoms with Crippen LogP contribution in [0.3, 0.4) is 0 Å². The number of hydrogen-bond acceptors (Lipinski definition) is 3. The molecule has 2 heterocycles. The van der Waals surface area contributed by atoms with E-state index in [4.69, 9.17) is 4.42 Å². The van der Waals surface area contributed by atoms with Gasteiger partial charge in [0, 0.05) is 5.69 Å². The van der Waals surface area contributed by atoms with Gasteiger partial charge >= 0.3 is 0 Å². The van der Waals surface area contributed by atoms with Crippen molar-refractivity contribution < 1.29 is 9.21 Å². The number of furan rings is 1. The lowest BCUT2D eigenvalue weighted by atomic mass is 10.1. The Hall–Kier alpha value is -2.04. The largest absolute Gasteiger partial charge is 0.466 e. The summed E-state index contributed by atoms with van der Waals surface area (Å²) < 4.78 is 5.40. The second-order valence-electron chi connectivity index (χ2n) is 5.70. The number of fused-ring (bicyclic) bond motifs is 1. The number of hydrogen-bond donors (Lipinski definition) is 2. The lowest BCUT2D eigenvalue weighted by Crippen LogP contribution is -2.23. The van der Waals surface area contributed by atoms with E-state index < -0.39 is 0 Å². The van der Waals surface area contributed by atoms with Crippen molar-refractivity contribution in [2.24, 2.45) is 0 Å². The highest BCUT2D eigenvalue weighted by Crippen LogP contribution is 2.21. The van der Waals surface area contributed by atoms with Gasteiger partial charge in [-0.1, -0.05) is 6.42 Å². The van der Waals surface area contributed by atoms with Gasteiger partial charge < -0.3 is 9.73 Å². The minimum absolute atomic E-state index is 0.102. The Morgan fingerprint density at radius 1 is 1.33 bits per heavy atom. The summed E-state index contributed by atoms with van der Waals surface area (Å²) >= 11 is 0. The smallest absolute Gasteiger partial charge is 0.255 e. The zero-order valence-corrected chi connectivity index (χ0v) is 12.6. The molecular weight excluding hydrogens is 266 g/mol. The van der Waals surface area contributed by atoms with Gasteiger partial charge in [0.1, 0.15) is 11.5 Å². The molecule has 112 valence electrons. The number of carbonyl (C=O) groups is 1. The maximum atomic E-state index is 12.2. The first-order chi connectivity index (χ1) is 10.1. The van der Waals surface area contributed by atoms with E-state index in [1.807, 2.05) is 13.8 Å². The molecule has 2 aromatic rings. The fourth-order valence-corrected chi connectivity index (χ4v) is 2.99. The summed E-state index contributed by atoms with van der Waals surface area (Å²) in [6.07, 6.45) is 5.81. The number of amides is 1. The predicted molar refractivity (Wildman–Crippen MR) is 79.2 cm³/mol. The third-order valence-corrected chi connectivity index (χ3v) is 4.09. The summed E-state index contributed by atoms with van der Waals surface area (Å²) in [4.78, 5) is 12.2. The molecule has 2 N–H and O–H groups in total. The van der Waals surface area contributed by atoms with Crippen LogP contribution >= 0.6 is 0 Å². The van der Waals surface area contributed by atoms with Crippen molar-refractivity contribution >= 4 is 5.91 Å². The van der Waals surface area contributed by atoms with E-state index in [2.05, 4.69) is 15.5 Å². The number of H-pyrrole nitrogens is 1. The molecule has 2 aromatic heterocycles. The number of carbonyl (C=O) groups excluding carboxylic acids is 1. The van der Waals surface area contributed by atoms with Crippen LogP contribution in [0.25, 0.3) is 0 Å². The molecule has 0 spiro atoms. The molecule has 5 nitrogen and oxygen atoms in total. The second-order valence-corrected chi connectivity index (χ2v) is 5.70. The fraction of sp³-hybridized carbons (Fsp3) is 0.500. The average Bonchev–Trinajstić information content (AvgIpc) is 2.90. The Balaban J connectivity index is 1.69. The quantitative estimate of drug-likeness (QED) is 0.853. The molecule has 0 saturated heterocycles. The summed E-state index contributed by atoms with van der Waals surface area (Å²) in [7, 11) is 0. The maximum absolute atomic E-state index is 12.2. The summed E-state index contributed by atoms with van der Waals surface area (Å²) in [6.45, 7) is 4.12. The maximum Gasteiger partial charge on any atom is 0.255 e. The standard InChI is InChI=1S/C16H21N3O2/c1-10-8-13(11(2)21-10)16(20)17-9-15-12-6-4-3-5-7-14(12)18-19-15/h8H,3-7,9H2,1-2H3,(H,17,20)(H,18,19). The molecule has 1 aliphatic rings. The third-order valence-electron chi connectivity index (χ3n) is 4.09. The van der Waals surface area contributed by atoms with Crippen molar-refractivity contribution in [2.45, 2.75) is 52.5 Å². The van der Waals surface area contributed by atoms with Crippen LogP contribution in [0, 0.1) is 13.8 Å². The van der Waals surface area contributed by atoms with E-state index in [0.29, 0.717) is 17.9 Å². The van der Waals surface area contributed by atoms with Crippen LogP contribution in [0.1, 0.15) is 58.1 Å². The highest BCUT2D eigenvalue weighted by molar-refractivity contribution is 5.95. The van der Waals surface area contributed by atoms with Crippen molar-refractivity contribution in [2.75, 3.05) is 0 Å². The first-order valence-corrected chi connectivity index (χ1v) is 7.55. The van der Waals surface area contributed by atoms with Crippen LogP contribution in [-0.4, -0.2) is 16.1 Å². The number of aromatic nitrogens is 2. The van der Waals surface area contributed by atoms with Gasteiger partial charge in [-0.25, -0.2) is 0 Å². The Kier molecular flexibility index (Phi) is 3.82. The van der Waals surface area contributed by atoms with Crippen LogP contribution in [0.5, 0.6) is 0 Å². The van der Waals surface area contributed by atoms with Gasteiger partial charge in [0.2, 0.25) is 0 Å². The Morgan fingerprint density at radius 2 is 2.14 bits per heavy atom. The molecule has 0 fully saturated rings. The van der Waals surface area contributed by atoms with Crippen LogP contribution in [-0.2, 0) is 19.4 Å². The normalized spacial score (nSPS) is 14.6. The van der Waals surface area contributed by atoms with Gasteiger partial charge in [0.05, 0.1) is 17.8 Å². The molecule has 0 unspecified atom stereocenters. The highest BCUT2D eigenvalue weighted by Gasteiger charge is 2.18. The lowest BCUT2D eigenvalue weighted by Gasteiger charge is -2.05. The van der Waals surface area contributed by atoms with Gasteiger partial charge in [-0.15, -0.1) is 0 Å². The van der Waals surface area contributed by atoms with Crippen molar-refractivity contribution in [1.29, 1.82) is 0 Å². The first-order valence-electron chi connectivity index (χ1n) is 7.55. The Labute approximate surface area is 124 Å². The summed E-state index contributed by atoms with van der Waals surface area (Å²) in [5.74, 6) is 1.31. The first kappa shape index (κ1) is 13.9. The summed E-state index contributed by atoms with van der Waals surface area (Å²) in [6, 6.07) is 1.77. The molecule has 1 amide bonds. The minimum Gasteiger partial charge on any atom is -0.466 e. The zero-order chi connectivity index (χ0) is 14.8. The van der Waals surface area contributed by atoms with Gasteiger partial charge in [0.15, 0.2) is 0 Å². The molecule has 0 aliphatic heterocycles. The van der Waals surface area contributed by atoms with E-state index >= 15 is 0 Å². The second kappa shape index (κ2) is 5.76. The molecule has 0 atom stereocenters. The lowest BCUT2D eigenvalue weighted by molar-refractivity contribution is 0.0949. The topological polar surface area (TPSA) is 70.9 Å². The predicted octanol–water partition coefficient (Wildman–Crippen LogP) is 2.82. The number of nitrogens with zero attached hydrogens (tertiary/aromatic N) is 1. The van der Waals surface area contributed by atoms with E-state index in [1.165, 1.54) is 30.5 Å². The molecule has 0 bridgehead atoms. The van der Waals surface area contributed by atoms with Crippen molar-refractivity contribution in [3.8, 4) is 0 Å². The van der Waals surface area contributed by atoms with E-state index in [-0.39, 0.29) is 5.91 Å². The average molecular weight is 287 g/mol. The van der Waals surface area contributed by atoms with Crippen molar-refractivity contribution in [3.05, 3.63) is 40.1 Å².